The Morgan fingerprint density at radius 1 is 1.29 bits per heavy atom. The molecule has 4 rings (SSSR count). The third-order valence-electron chi connectivity index (χ3n) is 5.69. The third-order valence-corrected chi connectivity index (χ3v) is 5.69. The molecule has 166 valence electrons. The second kappa shape index (κ2) is 8.98. The van der Waals surface area contributed by atoms with Crippen LogP contribution in [0.4, 0.5) is 5.82 Å². The van der Waals surface area contributed by atoms with Gasteiger partial charge >= 0.3 is 0 Å². The Morgan fingerprint density at radius 3 is 2.87 bits per heavy atom. The quantitative estimate of drug-likeness (QED) is 0.525. The highest BCUT2D eigenvalue weighted by atomic mass is 16.3. The Kier molecular flexibility index (Phi) is 6.14. The van der Waals surface area contributed by atoms with Gasteiger partial charge in [-0.25, -0.2) is 4.98 Å². The summed E-state index contributed by atoms with van der Waals surface area (Å²) >= 11 is 0. The molecule has 0 bridgehead atoms. The Hall–Kier alpha value is -3.05. The van der Waals surface area contributed by atoms with E-state index in [2.05, 4.69) is 35.3 Å². The summed E-state index contributed by atoms with van der Waals surface area (Å²) in [5.41, 5.74) is 0.467. The van der Waals surface area contributed by atoms with Crippen molar-refractivity contribution in [1.82, 2.24) is 34.9 Å². The lowest BCUT2D eigenvalue weighted by atomic mass is 10.1. The molecule has 1 saturated heterocycles. The number of nitrogens with one attached hydrogen (secondary N) is 2. The van der Waals surface area contributed by atoms with Crippen LogP contribution in [-0.2, 0) is 17.9 Å². The smallest absolute Gasteiger partial charge is 0.251 e. The Labute approximate surface area is 180 Å². The predicted octanol–water partition coefficient (Wildman–Crippen LogP) is -0.769. The summed E-state index contributed by atoms with van der Waals surface area (Å²) in [7, 11) is 0. The topological polar surface area (TPSA) is 129 Å². The van der Waals surface area contributed by atoms with E-state index in [1.165, 1.54) is 0 Å². The monoisotopic (exact) mass is 428 g/mol. The van der Waals surface area contributed by atoms with Crippen LogP contribution in [-0.4, -0.2) is 91.3 Å². The number of anilines is 1. The average Bonchev–Trinajstić information content (AvgIpc) is 3.08. The predicted molar refractivity (Wildman–Crippen MR) is 112 cm³/mol. The first-order valence-corrected chi connectivity index (χ1v) is 10.4. The van der Waals surface area contributed by atoms with Gasteiger partial charge in [-0.2, -0.15) is 0 Å². The molecule has 2 aliphatic heterocycles. The number of hydrogen-bond donors (Lipinski definition) is 3. The first-order chi connectivity index (χ1) is 14.9. The van der Waals surface area contributed by atoms with Gasteiger partial charge in [-0.05, 0) is 19.1 Å². The minimum absolute atomic E-state index is 0.0549. The van der Waals surface area contributed by atoms with E-state index in [4.69, 9.17) is 0 Å². The number of aliphatic hydroxyl groups is 1. The van der Waals surface area contributed by atoms with Crippen LogP contribution in [0.1, 0.15) is 28.9 Å². The molecule has 1 fully saturated rings. The van der Waals surface area contributed by atoms with Crippen molar-refractivity contribution in [3.63, 3.8) is 0 Å². The first kappa shape index (κ1) is 21.2. The van der Waals surface area contributed by atoms with Crippen LogP contribution in [0.15, 0.2) is 18.3 Å². The molecule has 31 heavy (non-hydrogen) atoms. The number of fused-ring (bicyclic) bond motifs is 1. The fourth-order valence-electron chi connectivity index (χ4n) is 3.87. The lowest BCUT2D eigenvalue weighted by Gasteiger charge is -2.39. The Bertz CT molecular complexity index is 956. The summed E-state index contributed by atoms with van der Waals surface area (Å²) < 4.78 is 2.08. The fraction of sp³-hybridized carbons (Fsp3) is 0.550. The largest absolute Gasteiger partial charge is 0.390 e. The van der Waals surface area contributed by atoms with Crippen LogP contribution in [0, 0.1) is 6.92 Å². The van der Waals surface area contributed by atoms with E-state index in [0.717, 1.165) is 24.7 Å². The van der Waals surface area contributed by atoms with Gasteiger partial charge in [0.2, 0.25) is 5.91 Å². The van der Waals surface area contributed by atoms with E-state index < -0.39 is 6.10 Å². The summed E-state index contributed by atoms with van der Waals surface area (Å²) in [4.78, 5) is 31.9. The zero-order valence-electron chi connectivity index (χ0n) is 17.8. The van der Waals surface area contributed by atoms with E-state index in [1.807, 2.05) is 6.92 Å². The molecule has 0 radical (unpaired) electrons. The molecule has 4 heterocycles. The second-order valence-corrected chi connectivity index (χ2v) is 8.11. The van der Waals surface area contributed by atoms with Gasteiger partial charge in [0, 0.05) is 58.0 Å². The molecule has 1 atom stereocenters. The normalized spacial score (nSPS) is 17.6. The van der Waals surface area contributed by atoms with Crippen molar-refractivity contribution < 1.29 is 14.7 Å². The summed E-state index contributed by atoms with van der Waals surface area (Å²) in [6.07, 6.45) is 0.882. The SMILES string of the molecule is CC(=O)N1CC(Nc2cc(C(=O)NC[C@H](O)CN3CCn4c(C)nnc4C3)ccn2)C1. The van der Waals surface area contributed by atoms with Crippen molar-refractivity contribution in [3.8, 4) is 0 Å². The maximum absolute atomic E-state index is 12.5. The van der Waals surface area contributed by atoms with Crippen molar-refractivity contribution in [2.24, 2.45) is 0 Å². The lowest BCUT2D eigenvalue weighted by molar-refractivity contribution is -0.132. The lowest BCUT2D eigenvalue weighted by Crippen LogP contribution is -2.56. The van der Waals surface area contributed by atoms with Crippen molar-refractivity contribution in [2.45, 2.75) is 39.1 Å². The van der Waals surface area contributed by atoms with Gasteiger partial charge in [0.1, 0.15) is 17.5 Å². The molecule has 2 aromatic rings. The number of aryl methyl sites for hydroxylation is 1. The highest BCUT2D eigenvalue weighted by molar-refractivity contribution is 5.94. The van der Waals surface area contributed by atoms with Gasteiger partial charge in [-0.15, -0.1) is 10.2 Å². The van der Waals surface area contributed by atoms with Gasteiger partial charge in [-0.3, -0.25) is 14.5 Å². The molecule has 0 unspecified atom stereocenters. The number of pyridine rings is 1. The minimum Gasteiger partial charge on any atom is -0.390 e. The summed E-state index contributed by atoms with van der Waals surface area (Å²) in [5.74, 6) is 2.18. The van der Waals surface area contributed by atoms with Gasteiger partial charge in [0.15, 0.2) is 0 Å². The van der Waals surface area contributed by atoms with E-state index in [-0.39, 0.29) is 24.4 Å². The van der Waals surface area contributed by atoms with Crippen LogP contribution in [0.2, 0.25) is 0 Å². The standard InChI is InChI=1S/C20H28N8O3/c1-13-24-25-19-12-26(5-6-28(13)19)11-17(30)8-22-20(31)15-3-4-21-18(7-15)23-16-9-27(10-16)14(2)29/h3-4,7,16-17,30H,5-6,8-12H2,1-2H3,(H,21,23)(H,22,31)/t17-/m0/s1. The summed E-state index contributed by atoms with van der Waals surface area (Å²) in [6.45, 7) is 7.58. The number of carbonyl (C=O) groups is 2. The highest BCUT2D eigenvalue weighted by Crippen LogP contribution is 2.15. The first-order valence-electron chi connectivity index (χ1n) is 10.4. The Morgan fingerprint density at radius 2 is 2.10 bits per heavy atom. The van der Waals surface area contributed by atoms with E-state index in [9.17, 15) is 14.7 Å². The second-order valence-electron chi connectivity index (χ2n) is 8.11. The van der Waals surface area contributed by atoms with Crippen molar-refractivity contribution in [3.05, 3.63) is 35.5 Å². The zero-order valence-corrected chi connectivity index (χ0v) is 17.8. The molecule has 2 aromatic heterocycles. The molecular weight excluding hydrogens is 400 g/mol. The van der Waals surface area contributed by atoms with Crippen LogP contribution in [0.5, 0.6) is 0 Å². The fourth-order valence-corrected chi connectivity index (χ4v) is 3.87. The molecule has 0 spiro atoms. The maximum Gasteiger partial charge on any atom is 0.251 e. The summed E-state index contributed by atoms with van der Waals surface area (Å²) in [5, 5.41) is 24.7. The number of likely N-dealkylation sites (tertiary alicyclic amines) is 1. The molecule has 11 heteroatoms. The van der Waals surface area contributed by atoms with Gasteiger partial charge < -0.3 is 25.2 Å². The molecular formula is C20H28N8O3. The van der Waals surface area contributed by atoms with Crippen LogP contribution in [0.3, 0.4) is 0 Å². The molecule has 11 nitrogen and oxygen atoms in total. The van der Waals surface area contributed by atoms with Crippen LogP contribution < -0.4 is 10.6 Å². The number of carbonyl (C=O) groups excluding carboxylic acids is 2. The number of amides is 2. The minimum atomic E-state index is -0.688. The molecule has 2 aliphatic rings. The maximum atomic E-state index is 12.5. The number of nitrogens with zero attached hydrogens (tertiary/aromatic N) is 6. The van der Waals surface area contributed by atoms with Gasteiger partial charge in [0.25, 0.3) is 5.91 Å². The van der Waals surface area contributed by atoms with Crippen LogP contribution in [0.25, 0.3) is 0 Å². The molecule has 0 saturated carbocycles. The molecule has 0 aromatic carbocycles. The number of rotatable bonds is 7. The van der Waals surface area contributed by atoms with E-state index in [0.29, 0.717) is 37.6 Å². The van der Waals surface area contributed by atoms with Crippen molar-refractivity contribution in [2.75, 3.05) is 38.0 Å². The van der Waals surface area contributed by atoms with E-state index in [1.54, 1.807) is 30.2 Å². The van der Waals surface area contributed by atoms with Gasteiger partial charge in [-0.1, -0.05) is 0 Å². The number of aromatic nitrogens is 4. The van der Waals surface area contributed by atoms with E-state index >= 15 is 0 Å². The van der Waals surface area contributed by atoms with Gasteiger partial charge in [0.05, 0.1) is 18.7 Å². The third kappa shape index (κ3) is 5.00. The molecule has 0 aliphatic carbocycles. The van der Waals surface area contributed by atoms with Crippen molar-refractivity contribution >= 4 is 17.6 Å². The van der Waals surface area contributed by atoms with Crippen molar-refractivity contribution in [1.29, 1.82) is 0 Å². The number of aliphatic hydroxyl groups excluding tert-OH is 1. The molecule has 2 amide bonds. The molecule has 3 N–H and O–H groups in total. The zero-order chi connectivity index (χ0) is 22.0. The number of hydrogen-bond acceptors (Lipinski definition) is 8. The summed E-state index contributed by atoms with van der Waals surface area (Å²) in [6, 6.07) is 3.45. The Balaban J connectivity index is 1.23. The number of β-amino-alcohol motifs (C(OH)–C–C–N with tert-alkyl or cyclic N) is 1. The average molecular weight is 428 g/mol. The highest BCUT2D eigenvalue weighted by Gasteiger charge is 2.28. The van der Waals surface area contributed by atoms with Crippen LogP contribution >= 0.6 is 0 Å².